The van der Waals surface area contributed by atoms with E-state index in [4.69, 9.17) is 5.73 Å². The first-order chi connectivity index (χ1) is 5.81. The summed E-state index contributed by atoms with van der Waals surface area (Å²) in [5.41, 5.74) is 8.61. The van der Waals surface area contributed by atoms with Crippen LogP contribution in [0, 0.1) is 0 Å². The number of halogens is 1. The molecule has 0 spiro atoms. The standard InChI is InChI=1S/C10H12BrN/c11-9-3-4-10-7(5-9)1-2-8(10)6-12/h3-5,8H,1-2,6,12H2/t8-/m1/s1. The first kappa shape index (κ1) is 8.27. The molecular formula is C10H12BrN. The number of hydrogen-bond acceptors (Lipinski definition) is 1. The molecule has 1 aromatic carbocycles. The zero-order valence-electron chi connectivity index (χ0n) is 6.89. The Hall–Kier alpha value is -0.340. The third-order valence-corrected chi connectivity index (χ3v) is 3.08. The molecule has 0 heterocycles. The summed E-state index contributed by atoms with van der Waals surface area (Å²) in [4.78, 5) is 0. The van der Waals surface area contributed by atoms with Gasteiger partial charge in [-0.1, -0.05) is 22.0 Å². The van der Waals surface area contributed by atoms with E-state index in [9.17, 15) is 0 Å². The van der Waals surface area contributed by atoms with Gasteiger partial charge in [0, 0.05) is 4.47 Å². The van der Waals surface area contributed by atoms with E-state index in [2.05, 4.69) is 34.1 Å². The van der Waals surface area contributed by atoms with Crippen molar-refractivity contribution in [2.75, 3.05) is 6.54 Å². The summed E-state index contributed by atoms with van der Waals surface area (Å²) in [5, 5.41) is 0. The number of fused-ring (bicyclic) bond motifs is 1. The molecule has 1 nitrogen and oxygen atoms in total. The molecule has 0 saturated carbocycles. The van der Waals surface area contributed by atoms with Crippen LogP contribution in [0.2, 0.25) is 0 Å². The van der Waals surface area contributed by atoms with Crippen molar-refractivity contribution in [2.45, 2.75) is 18.8 Å². The van der Waals surface area contributed by atoms with E-state index in [1.54, 1.807) is 0 Å². The Morgan fingerprint density at radius 1 is 1.50 bits per heavy atom. The fraction of sp³-hybridized carbons (Fsp3) is 0.400. The molecule has 1 aromatic rings. The predicted molar refractivity (Wildman–Crippen MR) is 54.3 cm³/mol. The van der Waals surface area contributed by atoms with Crippen LogP contribution in [-0.4, -0.2) is 6.54 Å². The lowest BCUT2D eigenvalue weighted by atomic mass is 10.0. The highest BCUT2D eigenvalue weighted by atomic mass is 79.9. The van der Waals surface area contributed by atoms with Crippen molar-refractivity contribution in [1.82, 2.24) is 0 Å². The molecular weight excluding hydrogens is 214 g/mol. The molecule has 0 saturated heterocycles. The molecule has 2 rings (SSSR count). The van der Waals surface area contributed by atoms with E-state index in [1.807, 2.05) is 0 Å². The monoisotopic (exact) mass is 225 g/mol. The van der Waals surface area contributed by atoms with Gasteiger partial charge in [0.2, 0.25) is 0 Å². The molecule has 64 valence electrons. The normalized spacial score (nSPS) is 21.0. The zero-order chi connectivity index (χ0) is 8.55. The van der Waals surface area contributed by atoms with Crippen molar-refractivity contribution < 1.29 is 0 Å². The van der Waals surface area contributed by atoms with E-state index < -0.39 is 0 Å². The van der Waals surface area contributed by atoms with Gasteiger partial charge in [-0.25, -0.2) is 0 Å². The topological polar surface area (TPSA) is 26.0 Å². The molecule has 0 fully saturated rings. The van der Waals surface area contributed by atoms with Crippen LogP contribution >= 0.6 is 15.9 Å². The lowest BCUT2D eigenvalue weighted by molar-refractivity contribution is 0.688. The van der Waals surface area contributed by atoms with Gasteiger partial charge in [-0.15, -0.1) is 0 Å². The fourth-order valence-corrected chi connectivity index (χ4v) is 2.33. The maximum Gasteiger partial charge on any atom is 0.0178 e. The average Bonchev–Trinajstić information content (AvgIpc) is 2.46. The Labute approximate surface area is 81.1 Å². The predicted octanol–water partition coefficient (Wildman–Crippen LogP) is 2.44. The van der Waals surface area contributed by atoms with E-state index in [0.29, 0.717) is 5.92 Å². The fourth-order valence-electron chi connectivity index (χ4n) is 1.92. The van der Waals surface area contributed by atoms with Gasteiger partial charge in [0.05, 0.1) is 0 Å². The second kappa shape index (κ2) is 3.19. The number of nitrogens with two attached hydrogens (primary N) is 1. The molecule has 12 heavy (non-hydrogen) atoms. The van der Waals surface area contributed by atoms with Crippen LogP contribution in [0.1, 0.15) is 23.5 Å². The minimum absolute atomic E-state index is 0.605. The summed E-state index contributed by atoms with van der Waals surface area (Å²) in [6, 6.07) is 6.52. The van der Waals surface area contributed by atoms with E-state index in [1.165, 1.54) is 28.4 Å². The Morgan fingerprint density at radius 3 is 3.08 bits per heavy atom. The molecule has 0 unspecified atom stereocenters. The number of rotatable bonds is 1. The third kappa shape index (κ3) is 1.29. The molecule has 1 atom stereocenters. The summed E-state index contributed by atoms with van der Waals surface area (Å²) >= 11 is 3.48. The van der Waals surface area contributed by atoms with Crippen LogP contribution in [-0.2, 0) is 6.42 Å². The van der Waals surface area contributed by atoms with Crippen molar-refractivity contribution in [3.8, 4) is 0 Å². The van der Waals surface area contributed by atoms with Crippen LogP contribution in [0.4, 0.5) is 0 Å². The molecule has 2 N–H and O–H groups in total. The summed E-state index contributed by atoms with van der Waals surface area (Å²) in [6.45, 7) is 0.786. The van der Waals surface area contributed by atoms with Crippen LogP contribution < -0.4 is 5.73 Å². The third-order valence-electron chi connectivity index (χ3n) is 2.59. The first-order valence-corrected chi connectivity index (χ1v) is 5.09. The van der Waals surface area contributed by atoms with Crippen molar-refractivity contribution in [2.24, 2.45) is 5.73 Å². The van der Waals surface area contributed by atoms with E-state index in [0.717, 1.165) is 6.54 Å². The molecule has 0 aromatic heterocycles. The number of hydrogen-bond donors (Lipinski definition) is 1. The minimum Gasteiger partial charge on any atom is -0.330 e. The SMILES string of the molecule is NC[C@H]1CCc2cc(Br)ccc21. The average molecular weight is 226 g/mol. The van der Waals surface area contributed by atoms with Crippen molar-refractivity contribution >= 4 is 15.9 Å². The van der Waals surface area contributed by atoms with Gasteiger partial charge in [0.15, 0.2) is 0 Å². The van der Waals surface area contributed by atoms with Gasteiger partial charge >= 0.3 is 0 Å². The molecule has 0 radical (unpaired) electrons. The quantitative estimate of drug-likeness (QED) is 0.781. The van der Waals surface area contributed by atoms with Gasteiger partial charge in [0.25, 0.3) is 0 Å². The van der Waals surface area contributed by atoms with Crippen LogP contribution in [0.25, 0.3) is 0 Å². The number of benzene rings is 1. The first-order valence-electron chi connectivity index (χ1n) is 4.29. The minimum atomic E-state index is 0.605. The van der Waals surface area contributed by atoms with Crippen LogP contribution in [0.3, 0.4) is 0 Å². The van der Waals surface area contributed by atoms with Gasteiger partial charge in [-0.3, -0.25) is 0 Å². The Kier molecular flexibility index (Phi) is 2.20. The second-order valence-corrected chi connectivity index (χ2v) is 4.23. The molecule has 1 aliphatic rings. The van der Waals surface area contributed by atoms with E-state index >= 15 is 0 Å². The zero-order valence-corrected chi connectivity index (χ0v) is 8.47. The highest BCUT2D eigenvalue weighted by Gasteiger charge is 2.20. The van der Waals surface area contributed by atoms with Crippen molar-refractivity contribution in [3.05, 3.63) is 33.8 Å². The van der Waals surface area contributed by atoms with Crippen LogP contribution in [0.15, 0.2) is 22.7 Å². The maximum atomic E-state index is 5.67. The largest absolute Gasteiger partial charge is 0.330 e. The highest BCUT2D eigenvalue weighted by Crippen LogP contribution is 2.33. The molecule has 0 amide bonds. The Balaban J connectivity index is 2.40. The summed E-state index contributed by atoms with van der Waals surface area (Å²) in [7, 11) is 0. The molecule has 2 heteroatoms. The van der Waals surface area contributed by atoms with Crippen LogP contribution in [0.5, 0.6) is 0 Å². The van der Waals surface area contributed by atoms with Crippen molar-refractivity contribution in [1.29, 1.82) is 0 Å². The Morgan fingerprint density at radius 2 is 2.33 bits per heavy atom. The second-order valence-electron chi connectivity index (χ2n) is 3.31. The lowest BCUT2D eigenvalue weighted by Crippen LogP contribution is -2.08. The summed E-state index contributed by atoms with van der Waals surface area (Å²) in [6.07, 6.45) is 2.42. The van der Waals surface area contributed by atoms with Gasteiger partial charge in [-0.2, -0.15) is 0 Å². The van der Waals surface area contributed by atoms with Gasteiger partial charge in [-0.05, 0) is 48.6 Å². The van der Waals surface area contributed by atoms with E-state index in [-0.39, 0.29) is 0 Å². The van der Waals surface area contributed by atoms with Gasteiger partial charge < -0.3 is 5.73 Å². The summed E-state index contributed by atoms with van der Waals surface area (Å²) < 4.78 is 1.18. The highest BCUT2D eigenvalue weighted by molar-refractivity contribution is 9.10. The molecule has 0 bridgehead atoms. The summed E-state index contributed by atoms with van der Waals surface area (Å²) in [5.74, 6) is 0.605. The van der Waals surface area contributed by atoms with Gasteiger partial charge in [0.1, 0.15) is 0 Å². The maximum absolute atomic E-state index is 5.67. The number of aryl methyl sites for hydroxylation is 1. The Bertz CT molecular complexity index is 296. The smallest absolute Gasteiger partial charge is 0.0178 e. The van der Waals surface area contributed by atoms with Crippen molar-refractivity contribution in [3.63, 3.8) is 0 Å². The lowest BCUT2D eigenvalue weighted by Gasteiger charge is -2.07. The molecule has 0 aliphatic heterocycles. The molecule has 1 aliphatic carbocycles.